The first-order chi connectivity index (χ1) is 9.86. The van der Waals surface area contributed by atoms with E-state index in [1.54, 1.807) is 11.3 Å². The van der Waals surface area contributed by atoms with E-state index >= 15 is 0 Å². The van der Waals surface area contributed by atoms with Gasteiger partial charge >= 0.3 is 0 Å². The molecule has 3 heterocycles. The van der Waals surface area contributed by atoms with E-state index in [4.69, 9.17) is 9.63 Å². The normalized spacial score (nSPS) is 19.8. The first-order valence-electron chi connectivity index (χ1n) is 7.07. The summed E-state index contributed by atoms with van der Waals surface area (Å²) in [7, 11) is 0. The van der Waals surface area contributed by atoms with Crippen molar-refractivity contribution in [3.05, 3.63) is 22.7 Å². The van der Waals surface area contributed by atoms with Crippen LogP contribution in [-0.4, -0.2) is 39.3 Å². The fraction of sp³-hybridized carbons (Fsp3) is 0.571. The highest BCUT2D eigenvalue weighted by Crippen LogP contribution is 2.24. The van der Waals surface area contributed by atoms with Gasteiger partial charge in [0.15, 0.2) is 0 Å². The molecular weight excluding hydrogens is 274 g/mol. The van der Waals surface area contributed by atoms with Gasteiger partial charge in [0, 0.05) is 23.6 Å². The smallest absolute Gasteiger partial charge is 0.241 e. The highest BCUT2D eigenvalue weighted by atomic mass is 32.1. The molecule has 0 saturated carbocycles. The van der Waals surface area contributed by atoms with E-state index in [-0.39, 0.29) is 6.61 Å². The highest BCUT2D eigenvalue weighted by Gasteiger charge is 2.25. The topological polar surface area (TPSA) is 62.4 Å². The van der Waals surface area contributed by atoms with Crippen molar-refractivity contribution < 1.29 is 9.63 Å². The molecule has 20 heavy (non-hydrogen) atoms. The summed E-state index contributed by atoms with van der Waals surface area (Å²) in [4.78, 5) is 6.86. The number of nitrogens with zero attached hydrogens (tertiary/aromatic N) is 3. The third kappa shape index (κ3) is 3.08. The van der Waals surface area contributed by atoms with Crippen LogP contribution in [0.25, 0.3) is 11.4 Å². The number of thiophene rings is 1. The van der Waals surface area contributed by atoms with Gasteiger partial charge in [-0.3, -0.25) is 4.90 Å². The number of aliphatic hydroxyl groups is 1. The Hall–Kier alpha value is -1.24. The maximum Gasteiger partial charge on any atom is 0.241 e. The van der Waals surface area contributed by atoms with Gasteiger partial charge in [0.05, 0.1) is 6.54 Å². The summed E-state index contributed by atoms with van der Waals surface area (Å²) in [5.41, 5.74) is 1.02. The fourth-order valence-electron chi connectivity index (χ4n) is 2.76. The standard InChI is InChI=1S/C14H19N3O2S/c18-7-2-4-12-3-1-6-17(12)9-13-15-14(16-19-13)11-5-8-20-10-11/h5,8,10,12,18H,1-4,6-7,9H2. The maximum atomic E-state index is 8.95. The molecule has 5 nitrogen and oxygen atoms in total. The Balaban J connectivity index is 1.62. The quantitative estimate of drug-likeness (QED) is 0.886. The summed E-state index contributed by atoms with van der Waals surface area (Å²) >= 11 is 1.63. The average molecular weight is 293 g/mol. The molecule has 1 N–H and O–H groups in total. The molecule has 1 unspecified atom stereocenters. The van der Waals surface area contributed by atoms with E-state index in [0.29, 0.717) is 24.3 Å². The first kappa shape index (κ1) is 13.7. The monoisotopic (exact) mass is 293 g/mol. The Morgan fingerprint density at radius 1 is 1.50 bits per heavy atom. The molecule has 1 atom stereocenters. The third-order valence-corrected chi connectivity index (χ3v) is 4.46. The highest BCUT2D eigenvalue weighted by molar-refractivity contribution is 7.08. The van der Waals surface area contributed by atoms with Crippen LogP contribution in [0.4, 0.5) is 0 Å². The van der Waals surface area contributed by atoms with Crippen LogP contribution >= 0.6 is 11.3 Å². The number of hydrogen-bond acceptors (Lipinski definition) is 6. The molecule has 0 bridgehead atoms. The molecule has 1 fully saturated rings. The zero-order chi connectivity index (χ0) is 13.8. The minimum absolute atomic E-state index is 0.271. The number of likely N-dealkylation sites (tertiary alicyclic amines) is 1. The number of hydrogen-bond donors (Lipinski definition) is 1. The van der Waals surface area contributed by atoms with Crippen molar-refractivity contribution in [3.8, 4) is 11.4 Å². The van der Waals surface area contributed by atoms with Crippen molar-refractivity contribution in [2.24, 2.45) is 0 Å². The van der Waals surface area contributed by atoms with Gasteiger partial charge in [-0.2, -0.15) is 16.3 Å². The summed E-state index contributed by atoms with van der Waals surface area (Å²) in [6.45, 7) is 2.06. The Bertz CT molecular complexity index is 526. The Morgan fingerprint density at radius 3 is 3.25 bits per heavy atom. The van der Waals surface area contributed by atoms with Gasteiger partial charge in [-0.15, -0.1) is 0 Å². The second-order valence-electron chi connectivity index (χ2n) is 5.16. The largest absolute Gasteiger partial charge is 0.396 e. The minimum Gasteiger partial charge on any atom is -0.396 e. The van der Waals surface area contributed by atoms with Crippen molar-refractivity contribution in [2.45, 2.75) is 38.3 Å². The van der Waals surface area contributed by atoms with E-state index in [0.717, 1.165) is 24.9 Å². The van der Waals surface area contributed by atoms with Crippen molar-refractivity contribution >= 4 is 11.3 Å². The number of rotatable bonds is 6. The van der Waals surface area contributed by atoms with Crippen LogP contribution in [0.2, 0.25) is 0 Å². The molecule has 3 rings (SSSR count). The zero-order valence-corrected chi connectivity index (χ0v) is 12.2. The molecule has 2 aromatic rings. The van der Waals surface area contributed by atoms with E-state index in [1.165, 1.54) is 12.8 Å². The lowest BCUT2D eigenvalue weighted by Crippen LogP contribution is -2.29. The molecule has 0 aliphatic carbocycles. The number of aromatic nitrogens is 2. The van der Waals surface area contributed by atoms with E-state index in [9.17, 15) is 0 Å². The zero-order valence-electron chi connectivity index (χ0n) is 11.4. The van der Waals surface area contributed by atoms with E-state index in [1.807, 2.05) is 16.8 Å². The van der Waals surface area contributed by atoms with Crippen LogP contribution < -0.4 is 0 Å². The predicted molar refractivity (Wildman–Crippen MR) is 77.4 cm³/mol. The molecule has 108 valence electrons. The molecule has 0 amide bonds. The van der Waals surface area contributed by atoms with Gasteiger partial charge in [-0.25, -0.2) is 0 Å². The van der Waals surface area contributed by atoms with Crippen LogP contribution in [-0.2, 0) is 6.54 Å². The molecule has 0 aromatic carbocycles. The van der Waals surface area contributed by atoms with Crippen molar-refractivity contribution in [2.75, 3.05) is 13.2 Å². The van der Waals surface area contributed by atoms with Gasteiger partial charge in [0.1, 0.15) is 0 Å². The van der Waals surface area contributed by atoms with Crippen LogP contribution in [0.3, 0.4) is 0 Å². The SMILES string of the molecule is OCCCC1CCCN1Cc1nc(-c2ccsc2)no1. The summed E-state index contributed by atoms with van der Waals surface area (Å²) in [5.74, 6) is 1.36. The summed E-state index contributed by atoms with van der Waals surface area (Å²) < 4.78 is 5.36. The molecule has 0 radical (unpaired) electrons. The molecule has 0 spiro atoms. The van der Waals surface area contributed by atoms with Crippen LogP contribution in [0.15, 0.2) is 21.3 Å². The van der Waals surface area contributed by atoms with E-state index < -0.39 is 0 Å². The third-order valence-electron chi connectivity index (χ3n) is 3.78. The fourth-order valence-corrected chi connectivity index (χ4v) is 3.39. The summed E-state index contributed by atoms with van der Waals surface area (Å²) in [6.07, 6.45) is 4.32. The summed E-state index contributed by atoms with van der Waals surface area (Å²) in [6, 6.07) is 2.54. The second kappa shape index (κ2) is 6.47. The molecular formula is C14H19N3O2S. The minimum atomic E-state index is 0.271. The van der Waals surface area contributed by atoms with Gasteiger partial charge < -0.3 is 9.63 Å². The molecule has 6 heteroatoms. The van der Waals surface area contributed by atoms with Gasteiger partial charge in [0.25, 0.3) is 0 Å². The van der Waals surface area contributed by atoms with Crippen LogP contribution in [0.1, 0.15) is 31.6 Å². The van der Waals surface area contributed by atoms with Crippen LogP contribution in [0, 0.1) is 0 Å². The van der Waals surface area contributed by atoms with Crippen molar-refractivity contribution in [1.29, 1.82) is 0 Å². The van der Waals surface area contributed by atoms with Crippen LogP contribution in [0.5, 0.6) is 0 Å². The molecule has 1 saturated heterocycles. The predicted octanol–water partition coefficient (Wildman–Crippen LogP) is 2.54. The molecule has 1 aliphatic heterocycles. The summed E-state index contributed by atoms with van der Waals surface area (Å²) in [5, 5.41) is 17.0. The maximum absolute atomic E-state index is 8.95. The lowest BCUT2D eigenvalue weighted by Gasteiger charge is -2.22. The second-order valence-corrected chi connectivity index (χ2v) is 5.94. The Labute approximate surface area is 122 Å². The lowest BCUT2D eigenvalue weighted by atomic mass is 10.1. The van der Waals surface area contributed by atoms with E-state index in [2.05, 4.69) is 15.0 Å². The van der Waals surface area contributed by atoms with Gasteiger partial charge in [0.2, 0.25) is 11.7 Å². The molecule has 1 aliphatic rings. The lowest BCUT2D eigenvalue weighted by molar-refractivity contribution is 0.188. The van der Waals surface area contributed by atoms with Gasteiger partial charge in [-0.05, 0) is 43.7 Å². The first-order valence-corrected chi connectivity index (χ1v) is 8.01. The van der Waals surface area contributed by atoms with Crippen molar-refractivity contribution in [3.63, 3.8) is 0 Å². The Kier molecular flexibility index (Phi) is 4.44. The van der Waals surface area contributed by atoms with Gasteiger partial charge in [-0.1, -0.05) is 5.16 Å². The van der Waals surface area contributed by atoms with Crippen molar-refractivity contribution in [1.82, 2.24) is 15.0 Å². The number of aliphatic hydroxyl groups excluding tert-OH is 1. The Morgan fingerprint density at radius 2 is 2.45 bits per heavy atom. The molecule has 2 aromatic heterocycles. The average Bonchev–Trinajstić information content (AvgIpc) is 3.18.